The monoisotopic (exact) mass is 337 g/mol. The van der Waals surface area contributed by atoms with Crippen LogP contribution in [0.1, 0.15) is 30.9 Å². The Morgan fingerprint density at radius 1 is 1.13 bits per heavy atom. The van der Waals surface area contributed by atoms with Crippen molar-refractivity contribution in [2.24, 2.45) is 11.8 Å². The normalized spacial score (nSPS) is 27.0. The topological polar surface area (TPSA) is 54.3 Å². The van der Waals surface area contributed by atoms with E-state index in [2.05, 4.69) is 16.3 Å². The number of aromatic nitrogens is 1. The number of carbonyl (C=O) groups is 1. The highest BCUT2D eigenvalue weighted by molar-refractivity contribution is 5.85. The maximum Gasteiger partial charge on any atom is 0.250 e. The third-order valence-electron chi connectivity index (χ3n) is 5.48. The third kappa shape index (κ3) is 3.04. The quantitative estimate of drug-likeness (QED) is 0.838. The van der Waals surface area contributed by atoms with Crippen LogP contribution in [0.25, 0.3) is 0 Å². The largest absolute Gasteiger partial charge is 0.341 e. The zero-order valence-corrected chi connectivity index (χ0v) is 14.1. The zero-order chi connectivity index (χ0) is 15.1. The van der Waals surface area contributed by atoms with E-state index in [1.165, 1.54) is 0 Å². The summed E-state index contributed by atoms with van der Waals surface area (Å²) in [5.41, 5.74) is 1.22. The summed E-state index contributed by atoms with van der Waals surface area (Å²) >= 11 is 0. The summed E-state index contributed by atoms with van der Waals surface area (Å²) in [4.78, 5) is 26.9. The number of piperidine rings is 2. The van der Waals surface area contributed by atoms with Crippen LogP contribution in [0.2, 0.25) is 0 Å². The fraction of sp³-hybridized carbons (Fsp3) is 0.647. The molecule has 0 radical (unpaired) electrons. The van der Waals surface area contributed by atoms with E-state index in [0.717, 1.165) is 57.7 Å². The lowest BCUT2D eigenvalue weighted by atomic mass is 9.82. The van der Waals surface area contributed by atoms with Gasteiger partial charge in [0, 0.05) is 43.2 Å². The molecular weight excluding hydrogens is 314 g/mol. The summed E-state index contributed by atoms with van der Waals surface area (Å²) in [5.74, 6) is 1.28. The molecule has 3 aliphatic heterocycles. The summed E-state index contributed by atoms with van der Waals surface area (Å²) in [7, 11) is 0. The fourth-order valence-electron chi connectivity index (χ4n) is 4.40. The molecular formula is C17H24ClN3O2. The molecule has 2 bridgehead atoms. The van der Waals surface area contributed by atoms with Crippen molar-refractivity contribution in [2.75, 3.05) is 26.2 Å². The Morgan fingerprint density at radius 3 is 2.70 bits per heavy atom. The molecule has 1 unspecified atom stereocenters. The second-order valence-electron chi connectivity index (χ2n) is 6.97. The van der Waals surface area contributed by atoms with Crippen LogP contribution in [0.15, 0.2) is 23.0 Å². The van der Waals surface area contributed by atoms with Crippen LogP contribution in [0.4, 0.5) is 0 Å². The molecule has 1 aromatic rings. The average Bonchev–Trinajstić information content (AvgIpc) is 2.56. The number of amides is 1. The van der Waals surface area contributed by atoms with Gasteiger partial charge in [0.05, 0.1) is 0 Å². The van der Waals surface area contributed by atoms with Crippen LogP contribution in [-0.2, 0) is 11.3 Å². The van der Waals surface area contributed by atoms with Gasteiger partial charge in [-0.05, 0) is 44.3 Å². The molecule has 2 saturated heterocycles. The van der Waals surface area contributed by atoms with Gasteiger partial charge in [-0.25, -0.2) is 0 Å². The lowest BCUT2D eigenvalue weighted by molar-refractivity contribution is -0.139. The molecule has 23 heavy (non-hydrogen) atoms. The number of pyridine rings is 1. The van der Waals surface area contributed by atoms with E-state index in [-0.39, 0.29) is 23.9 Å². The van der Waals surface area contributed by atoms with Crippen molar-refractivity contribution in [3.8, 4) is 0 Å². The van der Waals surface area contributed by atoms with E-state index in [4.69, 9.17) is 0 Å². The van der Waals surface area contributed by atoms with Gasteiger partial charge in [0.25, 0.3) is 5.56 Å². The first-order valence-corrected chi connectivity index (χ1v) is 8.41. The Kier molecular flexibility index (Phi) is 4.78. The van der Waals surface area contributed by atoms with Crippen LogP contribution in [0.5, 0.6) is 0 Å². The van der Waals surface area contributed by atoms with Gasteiger partial charge in [-0.15, -0.1) is 12.4 Å². The first-order chi connectivity index (χ1) is 10.7. The maximum absolute atomic E-state index is 12.8. The van der Waals surface area contributed by atoms with Gasteiger partial charge in [0.2, 0.25) is 5.91 Å². The number of hydrogen-bond donors (Lipinski definition) is 1. The molecule has 4 rings (SSSR count). The minimum Gasteiger partial charge on any atom is -0.341 e. The Bertz CT molecular complexity index is 639. The van der Waals surface area contributed by atoms with Crippen molar-refractivity contribution >= 4 is 18.3 Å². The molecule has 0 saturated carbocycles. The van der Waals surface area contributed by atoms with Gasteiger partial charge in [-0.3, -0.25) is 9.59 Å². The van der Waals surface area contributed by atoms with Crippen molar-refractivity contribution < 1.29 is 4.79 Å². The molecule has 126 valence electrons. The van der Waals surface area contributed by atoms with Gasteiger partial charge in [-0.2, -0.15) is 0 Å². The van der Waals surface area contributed by atoms with Gasteiger partial charge in [0.1, 0.15) is 0 Å². The van der Waals surface area contributed by atoms with Gasteiger partial charge < -0.3 is 14.8 Å². The molecule has 1 aromatic heterocycles. The van der Waals surface area contributed by atoms with Crippen molar-refractivity contribution in [2.45, 2.75) is 31.7 Å². The highest BCUT2D eigenvalue weighted by Gasteiger charge is 2.37. The van der Waals surface area contributed by atoms with E-state index in [1.807, 2.05) is 10.6 Å². The highest BCUT2D eigenvalue weighted by Crippen LogP contribution is 2.35. The molecule has 1 amide bonds. The number of nitrogens with zero attached hydrogens (tertiary/aromatic N) is 2. The molecule has 0 aromatic carbocycles. The van der Waals surface area contributed by atoms with Crippen LogP contribution in [0, 0.1) is 11.8 Å². The lowest BCUT2D eigenvalue weighted by Crippen LogP contribution is -2.51. The van der Waals surface area contributed by atoms with Crippen molar-refractivity contribution in [3.63, 3.8) is 0 Å². The molecule has 0 spiro atoms. The predicted molar refractivity (Wildman–Crippen MR) is 91.0 cm³/mol. The van der Waals surface area contributed by atoms with Crippen molar-refractivity contribution in [1.29, 1.82) is 0 Å². The van der Waals surface area contributed by atoms with Gasteiger partial charge >= 0.3 is 0 Å². The lowest BCUT2D eigenvalue weighted by Gasteiger charge is -2.44. The van der Waals surface area contributed by atoms with Gasteiger partial charge in [-0.1, -0.05) is 6.07 Å². The average molecular weight is 338 g/mol. The fourth-order valence-corrected chi connectivity index (χ4v) is 4.40. The third-order valence-corrected chi connectivity index (χ3v) is 5.48. The summed E-state index contributed by atoms with van der Waals surface area (Å²) in [5, 5.41) is 3.32. The molecule has 0 aliphatic carbocycles. The molecule has 5 nitrogen and oxygen atoms in total. The van der Waals surface area contributed by atoms with E-state index in [0.29, 0.717) is 17.7 Å². The van der Waals surface area contributed by atoms with E-state index in [9.17, 15) is 9.59 Å². The smallest absolute Gasteiger partial charge is 0.250 e. The molecule has 4 heterocycles. The standard InChI is InChI=1S/C17H23N3O2.ClH/c21-16-3-1-2-15-14-8-12(10-20(15)16)9-19(11-14)17(22)13-4-6-18-7-5-13;/h1-3,12-14,18H,4-11H2;1H/t12?,14-;/m0./s1. The zero-order valence-electron chi connectivity index (χ0n) is 13.2. The number of likely N-dealkylation sites (tertiary alicyclic amines) is 1. The van der Waals surface area contributed by atoms with E-state index in [1.54, 1.807) is 6.07 Å². The van der Waals surface area contributed by atoms with Crippen molar-refractivity contribution in [1.82, 2.24) is 14.8 Å². The second-order valence-corrected chi connectivity index (χ2v) is 6.97. The molecule has 2 atom stereocenters. The van der Waals surface area contributed by atoms with E-state index >= 15 is 0 Å². The number of nitrogens with one attached hydrogen (secondary N) is 1. The van der Waals surface area contributed by atoms with E-state index < -0.39 is 0 Å². The maximum atomic E-state index is 12.8. The molecule has 6 heteroatoms. The molecule has 1 N–H and O–H groups in total. The number of hydrogen-bond acceptors (Lipinski definition) is 3. The number of rotatable bonds is 1. The summed E-state index contributed by atoms with van der Waals surface area (Å²) in [6.45, 7) is 4.27. The molecule has 2 fully saturated rings. The van der Waals surface area contributed by atoms with Crippen LogP contribution >= 0.6 is 12.4 Å². The minimum atomic E-state index is 0. The Balaban J connectivity index is 0.00000156. The molecule has 3 aliphatic rings. The second kappa shape index (κ2) is 6.65. The number of halogens is 1. The van der Waals surface area contributed by atoms with Gasteiger partial charge in [0.15, 0.2) is 0 Å². The number of fused-ring (bicyclic) bond motifs is 4. The summed E-state index contributed by atoms with van der Waals surface area (Å²) < 4.78 is 1.92. The highest BCUT2D eigenvalue weighted by atomic mass is 35.5. The Hall–Kier alpha value is -1.33. The SMILES string of the molecule is Cl.O=C(C1CCNCC1)N1CC2C[C@@H](C1)c1cccc(=O)n1C2. The summed E-state index contributed by atoms with van der Waals surface area (Å²) in [6, 6.07) is 5.55. The Labute approximate surface area is 142 Å². The van der Waals surface area contributed by atoms with Crippen LogP contribution in [0.3, 0.4) is 0 Å². The van der Waals surface area contributed by atoms with Crippen LogP contribution in [-0.4, -0.2) is 41.6 Å². The first kappa shape index (κ1) is 16.5. The predicted octanol–water partition coefficient (Wildman–Crippen LogP) is 1.22. The minimum absolute atomic E-state index is 0. The number of carbonyl (C=O) groups excluding carboxylic acids is 1. The first-order valence-electron chi connectivity index (χ1n) is 8.41. The Morgan fingerprint density at radius 2 is 1.91 bits per heavy atom. The van der Waals surface area contributed by atoms with Crippen molar-refractivity contribution in [3.05, 3.63) is 34.2 Å². The van der Waals surface area contributed by atoms with Crippen LogP contribution < -0.4 is 10.9 Å². The summed E-state index contributed by atoms with van der Waals surface area (Å²) in [6.07, 6.45) is 3.03.